The van der Waals surface area contributed by atoms with Crippen molar-refractivity contribution in [1.82, 2.24) is 0 Å². The summed E-state index contributed by atoms with van der Waals surface area (Å²) in [7, 11) is 0. The fourth-order valence-corrected chi connectivity index (χ4v) is 2.46. The van der Waals surface area contributed by atoms with Gasteiger partial charge in [-0.05, 0) is 13.0 Å². The molecule has 0 saturated carbocycles. The van der Waals surface area contributed by atoms with Crippen LogP contribution in [0.3, 0.4) is 0 Å². The van der Waals surface area contributed by atoms with Crippen molar-refractivity contribution in [2.45, 2.75) is 25.9 Å². The summed E-state index contributed by atoms with van der Waals surface area (Å²) in [6, 6.07) is 0.958. The molecule has 0 spiro atoms. The highest BCUT2D eigenvalue weighted by Crippen LogP contribution is 2.37. The zero-order chi connectivity index (χ0) is 17.7. The van der Waals surface area contributed by atoms with Crippen LogP contribution in [0.2, 0.25) is 5.02 Å². The Labute approximate surface area is 144 Å². The first-order valence-corrected chi connectivity index (χ1v) is 7.75. The number of carbonyl (C=O) groups is 2. The highest BCUT2D eigenvalue weighted by molar-refractivity contribution is 6.33. The molecule has 1 aromatic rings. The Balaban J connectivity index is 2.53. The van der Waals surface area contributed by atoms with Crippen LogP contribution in [-0.4, -0.2) is 28.1 Å². The molecule has 1 aromatic carbocycles. The first kappa shape index (κ1) is 17.8. The maximum atomic E-state index is 12.4. The van der Waals surface area contributed by atoms with Crippen molar-refractivity contribution in [2.75, 3.05) is 0 Å². The van der Waals surface area contributed by atoms with E-state index >= 15 is 0 Å². The summed E-state index contributed by atoms with van der Waals surface area (Å²) in [6.07, 6.45) is 9.74. The molecule has 1 aliphatic heterocycles. The molecule has 0 saturated heterocycles. The van der Waals surface area contributed by atoms with Gasteiger partial charge in [0.15, 0.2) is 5.78 Å². The molecule has 126 valence electrons. The van der Waals surface area contributed by atoms with Crippen LogP contribution in [0.15, 0.2) is 42.5 Å². The molecule has 0 bridgehead atoms. The molecule has 24 heavy (non-hydrogen) atoms. The summed E-state index contributed by atoms with van der Waals surface area (Å²) in [6.45, 7) is 1.71. The predicted molar refractivity (Wildman–Crippen MR) is 90.4 cm³/mol. The van der Waals surface area contributed by atoms with Gasteiger partial charge in [-0.15, -0.1) is 0 Å². The van der Waals surface area contributed by atoms with Crippen molar-refractivity contribution in [1.29, 1.82) is 0 Å². The average molecular weight is 349 g/mol. The van der Waals surface area contributed by atoms with E-state index in [-0.39, 0.29) is 28.4 Å². The van der Waals surface area contributed by atoms with Gasteiger partial charge in [0.1, 0.15) is 23.2 Å². The molecular formula is C18H17ClO5. The quantitative estimate of drug-likeness (QED) is 0.701. The van der Waals surface area contributed by atoms with Crippen LogP contribution in [-0.2, 0) is 16.0 Å². The Kier molecular flexibility index (Phi) is 5.82. The fraction of sp³-hybridized carbons (Fsp3) is 0.222. The topological polar surface area (TPSA) is 83.8 Å². The van der Waals surface area contributed by atoms with Crippen LogP contribution >= 0.6 is 11.6 Å². The summed E-state index contributed by atoms with van der Waals surface area (Å²) >= 11 is 6.03. The molecule has 6 heteroatoms. The number of hydrogen-bond donors (Lipinski definition) is 2. The average Bonchev–Trinajstić information content (AvgIpc) is 2.50. The Morgan fingerprint density at radius 3 is 2.58 bits per heavy atom. The number of carbonyl (C=O) groups excluding carboxylic acids is 2. The van der Waals surface area contributed by atoms with E-state index in [1.165, 1.54) is 6.08 Å². The van der Waals surface area contributed by atoms with E-state index < -0.39 is 23.6 Å². The third kappa shape index (κ3) is 4.26. The van der Waals surface area contributed by atoms with E-state index in [9.17, 15) is 19.8 Å². The van der Waals surface area contributed by atoms with Gasteiger partial charge in [0, 0.05) is 24.5 Å². The smallest absolute Gasteiger partial charge is 0.342 e. The minimum absolute atomic E-state index is 0.0394. The largest absolute Gasteiger partial charge is 0.507 e. The summed E-state index contributed by atoms with van der Waals surface area (Å²) in [5.41, 5.74) is -0.166. The number of ether oxygens (including phenoxy) is 1. The molecule has 0 fully saturated rings. The first-order valence-electron chi connectivity index (χ1n) is 7.37. The van der Waals surface area contributed by atoms with Crippen molar-refractivity contribution in [3.05, 3.63) is 58.7 Å². The normalized spacial score (nSPS) is 18.8. The van der Waals surface area contributed by atoms with Crippen molar-refractivity contribution in [2.24, 2.45) is 0 Å². The Hall–Kier alpha value is -2.53. The number of rotatable bonds is 0. The maximum Gasteiger partial charge on any atom is 0.342 e. The Bertz CT molecular complexity index is 746. The van der Waals surface area contributed by atoms with Crippen LogP contribution in [0, 0.1) is 0 Å². The number of benzene rings is 1. The second-order valence-corrected chi connectivity index (χ2v) is 5.73. The third-order valence-corrected chi connectivity index (χ3v) is 3.83. The molecule has 0 aliphatic carbocycles. The van der Waals surface area contributed by atoms with Crippen LogP contribution in [0.5, 0.6) is 11.5 Å². The van der Waals surface area contributed by atoms with E-state index in [2.05, 4.69) is 0 Å². The lowest BCUT2D eigenvalue weighted by molar-refractivity contribution is -0.114. The fourth-order valence-electron chi connectivity index (χ4n) is 2.24. The summed E-state index contributed by atoms with van der Waals surface area (Å²) in [4.78, 5) is 24.4. The van der Waals surface area contributed by atoms with Gasteiger partial charge >= 0.3 is 5.97 Å². The van der Waals surface area contributed by atoms with E-state index in [0.717, 1.165) is 6.07 Å². The van der Waals surface area contributed by atoms with E-state index in [4.69, 9.17) is 16.3 Å². The minimum atomic E-state index is -0.797. The van der Waals surface area contributed by atoms with Crippen molar-refractivity contribution in [3.8, 4) is 11.5 Å². The first-order chi connectivity index (χ1) is 11.4. The number of halogens is 1. The zero-order valence-electron chi connectivity index (χ0n) is 13.0. The molecule has 1 aliphatic rings. The molecule has 0 radical (unpaired) electrons. The lowest BCUT2D eigenvalue weighted by atomic mass is 10.00. The number of fused-ring (bicyclic) bond motifs is 1. The number of cyclic esters (lactones) is 1. The van der Waals surface area contributed by atoms with E-state index in [1.54, 1.807) is 31.2 Å². The van der Waals surface area contributed by atoms with Crippen molar-refractivity contribution in [3.63, 3.8) is 0 Å². The van der Waals surface area contributed by atoms with Gasteiger partial charge in [0.2, 0.25) is 0 Å². The number of phenols is 2. The number of allylic oxidation sites excluding steroid dienone is 5. The lowest BCUT2D eigenvalue weighted by Gasteiger charge is -2.16. The van der Waals surface area contributed by atoms with Gasteiger partial charge in [-0.2, -0.15) is 0 Å². The molecule has 0 amide bonds. The molecule has 1 atom stereocenters. The van der Waals surface area contributed by atoms with Gasteiger partial charge in [0.05, 0.1) is 5.02 Å². The number of aromatic hydroxyl groups is 2. The molecule has 1 unspecified atom stereocenters. The van der Waals surface area contributed by atoms with Crippen LogP contribution in [0.25, 0.3) is 0 Å². The highest BCUT2D eigenvalue weighted by Gasteiger charge is 2.25. The maximum absolute atomic E-state index is 12.4. The zero-order valence-corrected chi connectivity index (χ0v) is 13.8. The molecule has 0 aromatic heterocycles. The summed E-state index contributed by atoms with van der Waals surface area (Å²) in [5.74, 6) is -2.03. The number of hydrogen-bond acceptors (Lipinski definition) is 5. The second kappa shape index (κ2) is 7.84. The van der Waals surface area contributed by atoms with Gasteiger partial charge in [-0.1, -0.05) is 42.0 Å². The van der Waals surface area contributed by atoms with Crippen LogP contribution in [0.4, 0.5) is 0 Å². The van der Waals surface area contributed by atoms with E-state index in [0.29, 0.717) is 6.42 Å². The van der Waals surface area contributed by atoms with Gasteiger partial charge in [-0.3, -0.25) is 4.79 Å². The van der Waals surface area contributed by atoms with E-state index in [1.807, 2.05) is 6.08 Å². The summed E-state index contributed by atoms with van der Waals surface area (Å²) in [5, 5.41) is 19.6. The predicted octanol–water partition coefficient (Wildman–Crippen LogP) is 3.48. The van der Waals surface area contributed by atoms with Gasteiger partial charge in [-0.25, -0.2) is 4.79 Å². The summed E-state index contributed by atoms with van der Waals surface area (Å²) < 4.78 is 5.29. The standard InChI is InChI=1S/C18H17ClO5/c1-11-7-5-3-2-4-6-8-12(20)9-13-16(18(23)24-11)14(21)10-15(22)17(13)19/h2-6,8,10-11,21-22H,7,9H2,1H3. The Morgan fingerprint density at radius 1 is 1.12 bits per heavy atom. The number of esters is 1. The molecule has 5 nitrogen and oxygen atoms in total. The minimum Gasteiger partial charge on any atom is -0.507 e. The van der Waals surface area contributed by atoms with Crippen LogP contribution < -0.4 is 0 Å². The monoisotopic (exact) mass is 348 g/mol. The SMILES string of the molecule is CC1CC=CC=CC=CC(=O)Cc2c(Cl)c(O)cc(O)c2C(=O)O1. The second-order valence-electron chi connectivity index (χ2n) is 5.35. The molecular weight excluding hydrogens is 332 g/mol. The molecule has 2 rings (SSSR count). The van der Waals surface area contributed by atoms with Crippen molar-refractivity contribution < 1.29 is 24.5 Å². The lowest BCUT2D eigenvalue weighted by Crippen LogP contribution is -2.17. The highest BCUT2D eigenvalue weighted by atomic mass is 35.5. The number of phenolic OH excluding ortho intramolecular Hbond substituents is 2. The molecule has 1 heterocycles. The van der Waals surface area contributed by atoms with Crippen LogP contribution in [0.1, 0.15) is 29.3 Å². The molecule has 2 N–H and O–H groups in total. The van der Waals surface area contributed by atoms with Gasteiger partial charge in [0.25, 0.3) is 0 Å². The Morgan fingerprint density at radius 2 is 1.83 bits per heavy atom. The number of ketones is 1. The van der Waals surface area contributed by atoms with Crippen molar-refractivity contribution >= 4 is 23.4 Å². The van der Waals surface area contributed by atoms with Gasteiger partial charge < -0.3 is 14.9 Å². The third-order valence-electron chi connectivity index (χ3n) is 3.40.